The standard InChI is InChI=1S/C75H141NO13/c1-3-5-7-9-11-13-15-17-19-21-23-25-27-29-30-31-32-33-34-35-37-39-41-43-45-47-49-51-53-55-57-59-67(80)76-63(62-86-74-72(85)70(83)73(66(61-78)88-74)89-75-71(84)69(82)68(81)65(60-77)87-75)64(79)58-56-54-52-50-48-46-44-42-40-38-36-28-26-24-22-20-18-16-14-12-10-8-6-4-2/h15,17,21,23,56,58,63-66,68-75,77-79,81-85H,3-14,16,18-20,22,24-55,57,59-62H2,1-2H3,(H,76,80)/b17-15-,23-21-,58-56+. The normalized spacial score (nSPS) is 23.2. The molecule has 0 aromatic rings. The zero-order valence-electron chi connectivity index (χ0n) is 57.2. The smallest absolute Gasteiger partial charge is 0.220 e. The predicted molar refractivity (Wildman–Crippen MR) is 365 cm³/mol. The van der Waals surface area contributed by atoms with E-state index in [0.717, 1.165) is 44.9 Å². The molecule has 2 rings (SSSR count). The van der Waals surface area contributed by atoms with E-state index in [1.54, 1.807) is 6.08 Å². The van der Waals surface area contributed by atoms with Crippen LogP contribution in [0, 0.1) is 0 Å². The summed E-state index contributed by atoms with van der Waals surface area (Å²) in [7, 11) is 0. The van der Waals surface area contributed by atoms with E-state index < -0.39 is 86.8 Å². The molecule has 0 aromatic carbocycles. The quantitative estimate of drug-likeness (QED) is 0.0204. The third-order valence-electron chi connectivity index (χ3n) is 18.6. The van der Waals surface area contributed by atoms with E-state index in [1.165, 1.54) is 270 Å². The minimum Gasteiger partial charge on any atom is -0.394 e. The minimum absolute atomic E-state index is 0.232. The summed E-state index contributed by atoms with van der Waals surface area (Å²) >= 11 is 0. The largest absolute Gasteiger partial charge is 0.394 e. The van der Waals surface area contributed by atoms with E-state index in [1.807, 2.05) is 6.08 Å². The summed E-state index contributed by atoms with van der Waals surface area (Å²) in [5.41, 5.74) is 0. The molecule has 9 N–H and O–H groups in total. The molecule has 14 nitrogen and oxygen atoms in total. The molecule has 0 aromatic heterocycles. The van der Waals surface area contributed by atoms with Crippen molar-refractivity contribution in [3.8, 4) is 0 Å². The number of unbranched alkanes of at least 4 members (excludes halogenated alkanes) is 46. The van der Waals surface area contributed by atoms with E-state index in [-0.39, 0.29) is 18.9 Å². The average molecular weight is 1260 g/mol. The first-order valence-electron chi connectivity index (χ1n) is 37.7. The van der Waals surface area contributed by atoms with E-state index in [2.05, 4.69) is 43.5 Å². The molecule has 0 aliphatic carbocycles. The van der Waals surface area contributed by atoms with Crippen LogP contribution in [0.25, 0.3) is 0 Å². The van der Waals surface area contributed by atoms with Crippen molar-refractivity contribution in [3.05, 3.63) is 36.5 Å². The predicted octanol–water partition coefficient (Wildman–Crippen LogP) is 16.1. The van der Waals surface area contributed by atoms with Crippen LogP contribution in [0.1, 0.15) is 341 Å². The fraction of sp³-hybridized carbons (Fsp3) is 0.907. The fourth-order valence-electron chi connectivity index (χ4n) is 12.6. The number of carbonyl (C=O) groups excluding carboxylic acids is 1. The lowest BCUT2D eigenvalue weighted by Gasteiger charge is -2.46. The summed E-state index contributed by atoms with van der Waals surface area (Å²) in [4.78, 5) is 13.4. The van der Waals surface area contributed by atoms with Gasteiger partial charge in [0.1, 0.15) is 48.8 Å². The number of aliphatic hydroxyl groups is 8. The summed E-state index contributed by atoms with van der Waals surface area (Å²) in [5.74, 6) is -0.232. The Morgan fingerprint density at radius 3 is 1.12 bits per heavy atom. The van der Waals surface area contributed by atoms with E-state index in [9.17, 15) is 45.6 Å². The van der Waals surface area contributed by atoms with Gasteiger partial charge < -0.3 is 65.1 Å². The number of nitrogens with one attached hydrogen (secondary N) is 1. The lowest BCUT2D eigenvalue weighted by molar-refractivity contribution is -0.359. The van der Waals surface area contributed by atoms with E-state index in [4.69, 9.17) is 18.9 Å². The number of ether oxygens (including phenoxy) is 4. The van der Waals surface area contributed by atoms with Gasteiger partial charge in [-0.2, -0.15) is 0 Å². The van der Waals surface area contributed by atoms with Crippen LogP contribution in [0.4, 0.5) is 0 Å². The lowest BCUT2D eigenvalue weighted by Crippen LogP contribution is -2.65. The number of hydrogen-bond donors (Lipinski definition) is 9. The highest BCUT2D eigenvalue weighted by Gasteiger charge is 2.51. The van der Waals surface area contributed by atoms with Crippen LogP contribution in [0.3, 0.4) is 0 Å². The van der Waals surface area contributed by atoms with Crippen LogP contribution in [0.15, 0.2) is 36.5 Å². The first-order chi connectivity index (χ1) is 43.6. The van der Waals surface area contributed by atoms with Crippen molar-refractivity contribution in [2.75, 3.05) is 19.8 Å². The molecule has 89 heavy (non-hydrogen) atoms. The van der Waals surface area contributed by atoms with Gasteiger partial charge >= 0.3 is 0 Å². The molecule has 1 amide bonds. The first kappa shape index (κ1) is 83.3. The Hall–Kier alpha value is -1.79. The van der Waals surface area contributed by atoms with Gasteiger partial charge in [-0.15, -0.1) is 0 Å². The highest BCUT2D eigenvalue weighted by molar-refractivity contribution is 5.76. The maximum atomic E-state index is 13.4. The molecule has 2 aliphatic heterocycles. The minimum atomic E-state index is -1.79. The fourth-order valence-corrected chi connectivity index (χ4v) is 12.6. The molecule has 2 heterocycles. The molecular formula is C75H141NO13. The molecule has 14 heteroatoms. The third kappa shape index (κ3) is 43.7. The summed E-state index contributed by atoms with van der Waals surface area (Å²) in [6.45, 7) is 2.85. The number of allylic oxidation sites excluding steroid dienone is 5. The highest BCUT2D eigenvalue weighted by Crippen LogP contribution is 2.30. The molecule has 2 fully saturated rings. The van der Waals surface area contributed by atoms with Gasteiger partial charge in [0.25, 0.3) is 0 Å². The average Bonchev–Trinajstić information content (AvgIpc) is 2.53. The van der Waals surface area contributed by atoms with Gasteiger partial charge in [-0.1, -0.05) is 320 Å². The van der Waals surface area contributed by atoms with Crippen molar-refractivity contribution in [1.29, 1.82) is 0 Å². The van der Waals surface area contributed by atoms with Gasteiger partial charge in [0, 0.05) is 6.42 Å². The van der Waals surface area contributed by atoms with Gasteiger partial charge in [0.2, 0.25) is 5.91 Å². The molecule has 2 aliphatic rings. The molecular weight excluding hydrogens is 1120 g/mol. The molecule has 0 radical (unpaired) electrons. The van der Waals surface area contributed by atoms with Crippen LogP contribution < -0.4 is 5.32 Å². The van der Waals surface area contributed by atoms with Crippen LogP contribution in [0.5, 0.6) is 0 Å². The zero-order valence-corrected chi connectivity index (χ0v) is 57.2. The van der Waals surface area contributed by atoms with E-state index >= 15 is 0 Å². The van der Waals surface area contributed by atoms with Crippen molar-refractivity contribution in [3.63, 3.8) is 0 Å². The van der Waals surface area contributed by atoms with Crippen molar-refractivity contribution in [1.82, 2.24) is 5.32 Å². The number of rotatable bonds is 63. The number of hydrogen-bond acceptors (Lipinski definition) is 13. The molecule has 524 valence electrons. The Morgan fingerprint density at radius 2 is 0.742 bits per heavy atom. The Balaban J connectivity index is 1.64. The molecule has 0 bridgehead atoms. The van der Waals surface area contributed by atoms with Gasteiger partial charge in [0.15, 0.2) is 12.6 Å². The Labute approximate surface area is 544 Å². The van der Waals surface area contributed by atoms with Gasteiger partial charge in [0.05, 0.1) is 32.0 Å². The second-order valence-corrected chi connectivity index (χ2v) is 26.8. The van der Waals surface area contributed by atoms with Crippen molar-refractivity contribution in [2.24, 2.45) is 0 Å². The van der Waals surface area contributed by atoms with Crippen molar-refractivity contribution < 1.29 is 64.6 Å². The summed E-state index contributed by atoms with van der Waals surface area (Å²) < 4.78 is 22.9. The van der Waals surface area contributed by atoms with Crippen LogP contribution in [-0.2, 0) is 23.7 Å². The zero-order chi connectivity index (χ0) is 64.5. The number of aliphatic hydroxyl groups excluding tert-OH is 8. The van der Waals surface area contributed by atoms with Crippen LogP contribution >= 0.6 is 0 Å². The van der Waals surface area contributed by atoms with Crippen LogP contribution in [-0.4, -0.2) is 140 Å². The maximum absolute atomic E-state index is 13.4. The van der Waals surface area contributed by atoms with E-state index in [0.29, 0.717) is 6.42 Å². The Kier molecular flexibility index (Phi) is 56.1. The van der Waals surface area contributed by atoms with Gasteiger partial charge in [-0.3, -0.25) is 4.79 Å². The summed E-state index contributed by atoms with van der Waals surface area (Å²) in [6.07, 6.45) is 60.6. The van der Waals surface area contributed by atoms with Crippen molar-refractivity contribution in [2.45, 2.75) is 415 Å². The molecule has 0 spiro atoms. The SMILES string of the molecule is CCCCCCC/C=C\C/C=C\CCCCCCCCCCCCCCCCCCCCCC(=O)NC(COC1OC(CO)C(OC2OC(CO)C(O)C(O)C2O)C(O)C1O)C(O)/C=C/CCCCCCCCCCCCCCCCCCCCCCCC. The highest BCUT2D eigenvalue weighted by atomic mass is 16.7. The topological polar surface area (TPSA) is 228 Å². The van der Waals surface area contributed by atoms with Crippen LogP contribution in [0.2, 0.25) is 0 Å². The summed E-state index contributed by atoms with van der Waals surface area (Å²) in [6, 6.07) is -0.915. The monoisotopic (exact) mass is 1260 g/mol. The lowest BCUT2D eigenvalue weighted by atomic mass is 9.97. The molecule has 12 atom stereocenters. The maximum Gasteiger partial charge on any atom is 0.220 e. The van der Waals surface area contributed by atoms with Gasteiger partial charge in [-0.25, -0.2) is 0 Å². The Morgan fingerprint density at radius 1 is 0.404 bits per heavy atom. The second-order valence-electron chi connectivity index (χ2n) is 26.8. The molecule has 2 saturated heterocycles. The van der Waals surface area contributed by atoms with Gasteiger partial charge in [-0.05, 0) is 51.4 Å². The molecule has 12 unspecified atom stereocenters. The summed E-state index contributed by atoms with van der Waals surface area (Å²) in [5, 5.41) is 87.6. The second kappa shape index (κ2) is 59.9. The van der Waals surface area contributed by atoms with Crippen molar-refractivity contribution >= 4 is 5.91 Å². The Bertz CT molecular complexity index is 1630. The first-order valence-corrected chi connectivity index (χ1v) is 37.7. The number of carbonyl (C=O) groups is 1. The third-order valence-corrected chi connectivity index (χ3v) is 18.6. The number of amides is 1. The molecule has 0 saturated carbocycles.